The Morgan fingerprint density at radius 2 is 2.05 bits per heavy atom. The van der Waals surface area contributed by atoms with Gasteiger partial charge in [-0.05, 0) is 36.2 Å². The lowest BCUT2D eigenvalue weighted by Crippen LogP contribution is -2.07. The number of para-hydroxylation sites is 1. The highest BCUT2D eigenvalue weighted by Crippen LogP contribution is 2.32. The standard InChI is InChI=1S/C15H15ClN2O3/c1-21-12-5-2-4-11(10-12)8-9-17-14-7-3-6-13(16)15(14)18(19)20/h2-7,10,17H,8-9H2,1H3. The summed E-state index contributed by atoms with van der Waals surface area (Å²) in [5, 5.41) is 14.2. The first-order chi connectivity index (χ1) is 10.1. The van der Waals surface area contributed by atoms with Crippen molar-refractivity contribution >= 4 is 23.0 Å². The highest BCUT2D eigenvalue weighted by molar-refractivity contribution is 6.33. The third-order valence-corrected chi connectivity index (χ3v) is 3.34. The van der Waals surface area contributed by atoms with E-state index in [0.29, 0.717) is 12.2 Å². The number of hydrogen-bond acceptors (Lipinski definition) is 4. The van der Waals surface area contributed by atoms with Gasteiger partial charge < -0.3 is 10.1 Å². The molecular weight excluding hydrogens is 292 g/mol. The molecule has 0 saturated heterocycles. The summed E-state index contributed by atoms with van der Waals surface area (Å²) in [6.45, 7) is 0.564. The van der Waals surface area contributed by atoms with E-state index in [4.69, 9.17) is 16.3 Å². The lowest BCUT2D eigenvalue weighted by molar-refractivity contribution is -0.383. The molecule has 0 fully saturated rings. The lowest BCUT2D eigenvalue weighted by atomic mass is 10.1. The van der Waals surface area contributed by atoms with Crippen LogP contribution < -0.4 is 10.1 Å². The number of halogens is 1. The van der Waals surface area contributed by atoms with Crippen molar-refractivity contribution in [1.29, 1.82) is 0 Å². The van der Waals surface area contributed by atoms with Crippen LogP contribution in [0.3, 0.4) is 0 Å². The van der Waals surface area contributed by atoms with Gasteiger partial charge in [-0.1, -0.05) is 29.8 Å². The van der Waals surface area contributed by atoms with Gasteiger partial charge in [-0.3, -0.25) is 10.1 Å². The third kappa shape index (κ3) is 3.86. The van der Waals surface area contributed by atoms with Gasteiger partial charge in [0.25, 0.3) is 0 Å². The summed E-state index contributed by atoms with van der Waals surface area (Å²) in [6, 6.07) is 12.5. The molecule has 6 heteroatoms. The minimum absolute atomic E-state index is 0.0928. The normalized spacial score (nSPS) is 10.2. The quantitative estimate of drug-likeness (QED) is 0.649. The number of benzene rings is 2. The van der Waals surface area contributed by atoms with Gasteiger partial charge in [0.2, 0.25) is 0 Å². The number of nitrogens with zero attached hydrogens (tertiary/aromatic N) is 1. The SMILES string of the molecule is COc1cccc(CCNc2cccc(Cl)c2[N+](=O)[O-])c1. The van der Waals surface area contributed by atoms with E-state index in [0.717, 1.165) is 17.7 Å². The second-order valence-electron chi connectivity index (χ2n) is 4.42. The topological polar surface area (TPSA) is 64.4 Å². The second kappa shape index (κ2) is 6.95. The van der Waals surface area contributed by atoms with Crippen molar-refractivity contribution in [3.8, 4) is 5.75 Å². The molecule has 0 aliphatic heterocycles. The number of nitro benzene ring substituents is 1. The Balaban J connectivity index is 2.03. The molecule has 2 rings (SSSR count). The van der Waals surface area contributed by atoms with Crippen LogP contribution >= 0.6 is 11.6 Å². The van der Waals surface area contributed by atoms with Crippen molar-refractivity contribution in [3.63, 3.8) is 0 Å². The van der Waals surface area contributed by atoms with Crippen molar-refractivity contribution in [2.45, 2.75) is 6.42 Å². The highest BCUT2D eigenvalue weighted by Gasteiger charge is 2.17. The summed E-state index contributed by atoms with van der Waals surface area (Å²) in [5.74, 6) is 0.793. The average Bonchev–Trinajstić information content (AvgIpc) is 2.47. The summed E-state index contributed by atoms with van der Waals surface area (Å²) in [7, 11) is 1.62. The van der Waals surface area contributed by atoms with Crippen molar-refractivity contribution < 1.29 is 9.66 Å². The van der Waals surface area contributed by atoms with Gasteiger partial charge in [-0.15, -0.1) is 0 Å². The van der Waals surface area contributed by atoms with E-state index in [1.807, 2.05) is 24.3 Å². The zero-order chi connectivity index (χ0) is 15.2. The van der Waals surface area contributed by atoms with Crippen LogP contribution in [0.1, 0.15) is 5.56 Å². The summed E-state index contributed by atoms with van der Waals surface area (Å²) in [4.78, 5) is 10.5. The Morgan fingerprint density at radius 3 is 2.76 bits per heavy atom. The van der Waals surface area contributed by atoms with Gasteiger partial charge >= 0.3 is 5.69 Å². The molecule has 0 saturated carbocycles. The van der Waals surface area contributed by atoms with E-state index in [1.165, 1.54) is 6.07 Å². The maximum Gasteiger partial charge on any atom is 0.310 e. The Morgan fingerprint density at radius 1 is 1.29 bits per heavy atom. The minimum atomic E-state index is -0.476. The van der Waals surface area contributed by atoms with Gasteiger partial charge in [0.15, 0.2) is 0 Å². The summed E-state index contributed by atoms with van der Waals surface area (Å²) in [5.41, 5.74) is 1.42. The maximum atomic E-state index is 11.0. The van der Waals surface area contributed by atoms with E-state index < -0.39 is 4.92 Å². The molecule has 1 N–H and O–H groups in total. The number of anilines is 1. The summed E-state index contributed by atoms with van der Waals surface area (Å²) < 4.78 is 5.16. The predicted molar refractivity (Wildman–Crippen MR) is 83.3 cm³/mol. The van der Waals surface area contributed by atoms with Crippen molar-refractivity contribution in [1.82, 2.24) is 0 Å². The van der Waals surface area contributed by atoms with E-state index in [1.54, 1.807) is 19.2 Å². The molecule has 0 aliphatic carbocycles. The lowest BCUT2D eigenvalue weighted by Gasteiger charge is -2.08. The van der Waals surface area contributed by atoms with E-state index in [2.05, 4.69) is 5.32 Å². The van der Waals surface area contributed by atoms with Crippen LogP contribution in [0.15, 0.2) is 42.5 Å². The molecule has 0 amide bonds. The third-order valence-electron chi connectivity index (χ3n) is 3.03. The van der Waals surface area contributed by atoms with E-state index in [-0.39, 0.29) is 10.7 Å². The first-order valence-corrected chi connectivity index (χ1v) is 6.79. The Kier molecular flexibility index (Phi) is 5.00. The smallest absolute Gasteiger partial charge is 0.310 e. The molecule has 0 bridgehead atoms. The Hall–Kier alpha value is -2.27. The van der Waals surface area contributed by atoms with Gasteiger partial charge in [0.1, 0.15) is 16.5 Å². The van der Waals surface area contributed by atoms with E-state index >= 15 is 0 Å². The minimum Gasteiger partial charge on any atom is -0.497 e. The molecule has 0 atom stereocenters. The molecule has 0 unspecified atom stereocenters. The zero-order valence-corrected chi connectivity index (χ0v) is 12.3. The van der Waals surface area contributed by atoms with Gasteiger partial charge in [0.05, 0.1) is 12.0 Å². The average molecular weight is 307 g/mol. The first kappa shape index (κ1) is 15.1. The molecule has 0 heterocycles. The zero-order valence-electron chi connectivity index (χ0n) is 11.5. The highest BCUT2D eigenvalue weighted by atomic mass is 35.5. The molecule has 0 radical (unpaired) electrons. The fourth-order valence-electron chi connectivity index (χ4n) is 2.01. The molecule has 5 nitrogen and oxygen atoms in total. The second-order valence-corrected chi connectivity index (χ2v) is 4.83. The van der Waals surface area contributed by atoms with Gasteiger partial charge in [-0.25, -0.2) is 0 Å². The Labute approximate surface area is 127 Å². The summed E-state index contributed by atoms with van der Waals surface area (Å²) in [6.07, 6.45) is 0.723. The van der Waals surface area contributed by atoms with Crippen molar-refractivity contribution in [3.05, 3.63) is 63.2 Å². The van der Waals surface area contributed by atoms with Crippen LogP contribution in [-0.4, -0.2) is 18.6 Å². The maximum absolute atomic E-state index is 11.0. The number of hydrogen-bond donors (Lipinski definition) is 1. The first-order valence-electron chi connectivity index (χ1n) is 6.41. The fraction of sp³-hybridized carbons (Fsp3) is 0.200. The van der Waals surface area contributed by atoms with Crippen LogP contribution in [0.25, 0.3) is 0 Å². The Bertz CT molecular complexity index is 647. The molecule has 0 spiro atoms. The molecule has 2 aromatic carbocycles. The molecule has 21 heavy (non-hydrogen) atoms. The van der Waals surface area contributed by atoms with E-state index in [9.17, 15) is 10.1 Å². The summed E-state index contributed by atoms with van der Waals surface area (Å²) >= 11 is 5.86. The monoisotopic (exact) mass is 306 g/mol. The molecule has 2 aromatic rings. The number of methoxy groups -OCH3 is 1. The largest absolute Gasteiger partial charge is 0.497 e. The molecule has 0 aromatic heterocycles. The van der Waals surface area contributed by atoms with Crippen LogP contribution in [-0.2, 0) is 6.42 Å². The number of nitrogens with one attached hydrogen (secondary N) is 1. The molecular formula is C15H15ClN2O3. The molecule has 110 valence electrons. The van der Waals surface area contributed by atoms with Crippen LogP contribution in [0.2, 0.25) is 5.02 Å². The van der Waals surface area contributed by atoms with Crippen molar-refractivity contribution in [2.24, 2.45) is 0 Å². The fourth-order valence-corrected chi connectivity index (χ4v) is 2.26. The van der Waals surface area contributed by atoms with Crippen LogP contribution in [0.4, 0.5) is 11.4 Å². The predicted octanol–water partition coefficient (Wildman–Crippen LogP) is 3.91. The van der Waals surface area contributed by atoms with Crippen LogP contribution in [0, 0.1) is 10.1 Å². The number of nitro groups is 1. The van der Waals surface area contributed by atoms with Crippen molar-refractivity contribution in [2.75, 3.05) is 19.0 Å². The van der Waals surface area contributed by atoms with Gasteiger partial charge in [-0.2, -0.15) is 0 Å². The molecule has 0 aliphatic rings. The van der Waals surface area contributed by atoms with Crippen LogP contribution in [0.5, 0.6) is 5.75 Å². The number of ether oxygens (including phenoxy) is 1. The number of rotatable bonds is 6. The van der Waals surface area contributed by atoms with Gasteiger partial charge in [0, 0.05) is 6.54 Å².